The normalized spacial score (nSPS) is 13.4. The highest BCUT2D eigenvalue weighted by Gasteiger charge is 2.17. The number of aromatic nitrogens is 1. The van der Waals surface area contributed by atoms with Crippen LogP contribution in [0.5, 0.6) is 0 Å². The predicted octanol–water partition coefficient (Wildman–Crippen LogP) is 2.04. The summed E-state index contributed by atoms with van der Waals surface area (Å²) in [5.74, 6) is -0.610. The number of likely N-dealkylation sites (tertiary alicyclic amines) is 1. The number of pyridine rings is 1. The topological polar surface area (TPSA) is 77.3 Å². The SMILES string of the molecule is Cl.Cl.N=C(c1ccc(C(=O)O)cn1)N1CCCC1. The first-order chi connectivity index (χ1) is 7.68. The highest BCUT2D eigenvalue weighted by atomic mass is 35.5. The third-order valence-electron chi connectivity index (χ3n) is 2.68. The monoisotopic (exact) mass is 291 g/mol. The molecule has 2 N–H and O–H groups in total. The van der Waals surface area contributed by atoms with Gasteiger partial charge in [0.15, 0.2) is 0 Å². The van der Waals surface area contributed by atoms with Gasteiger partial charge in [-0.1, -0.05) is 0 Å². The van der Waals surface area contributed by atoms with Gasteiger partial charge in [-0.25, -0.2) is 4.79 Å². The summed E-state index contributed by atoms with van der Waals surface area (Å²) >= 11 is 0. The Bertz CT molecular complexity index is 417. The van der Waals surface area contributed by atoms with Gasteiger partial charge >= 0.3 is 5.97 Å². The minimum atomic E-state index is -0.994. The first kappa shape index (κ1) is 16.7. The lowest BCUT2D eigenvalue weighted by atomic mass is 10.2. The Morgan fingerprint density at radius 2 is 1.89 bits per heavy atom. The van der Waals surface area contributed by atoms with E-state index in [1.165, 1.54) is 12.3 Å². The van der Waals surface area contributed by atoms with Crippen molar-refractivity contribution in [2.24, 2.45) is 0 Å². The zero-order valence-corrected chi connectivity index (χ0v) is 11.3. The van der Waals surface area contributed by atoms with E-state index in [0.29, 0.717) is 11.5 Å². The summed E-state index contributed by atoms with van der Waals surface area (Å²) in [6.07, 6.45) is 3.51. The number of halogens is 2. The van der Waals surface area contributed by atoms with E-state index in [2.05, 4.69) is 4.98 Å². The minimum Gasteiger partial charge on any atom is -0.478 e. The number of carbonyl (C=O) groups is 1. The predicted molar refractivity (Wildman–Crippen MR) is 73.3 cm³/mol. The summed E-state index contributed by atoms with van der Waals surface area (Å²) in [5.41, 5.74) is 0.685. The van der Waals surface area contributed by atoms with Crippen molar-refractivity contribution in [2.75, 3.05) is 13.1 Å². The van der Waals surface area contributed by atoms with E-state index in [-0.39, 0.29) is 30.4 Å². The third-order valence-corrected chi connectivity index (χ3v) is 2.68. The second-order valence-corrected chi connectivity index (χ2v) is 3.78. The van der Waals surface area contributed by atoms with Crippen molar-refractivity contribution < 1.29 is 9.90 Å². The number of rotatable bonds is 2. The Morgan fingerprint density at radius 1 is 1.28 bits per heavy atom. The molecule has 1 aromatic rings. The van der Waals surface area contributed by atoms with Crippen LogP contribution < -0.4 is 0 Å². The third kappa shape index (κ3) is 3.58. The zero-order chi connectivity index (χ0) is 11.5. The molecule has 0 atom stereocenters. The summed E-state index contributed by atoms with van der Waals surface area (Å²) in [7, 11) is 0. The number of hydrogen-bond donors (Lipinski definition) is 2. The number of nitrogens with one attached hydrogen (secondary N) is 1. The van der Waals surface area contributed by atoms with Crippen molar-refractivity contribution in [1.82, 2.24) is 9.88 Å². The molecular formula is C11H15Cl2N3O2. The first-order valence-electron chi connectivity index (χ1n) is 5.21. The molecule has 2 heterocycles. The highest BCUT2D eigenvalue weighted by Crippen LogP contribution is 2.11. The van der Waals surface area contributed by atoms with Gasteiger partial charge in [0.25, 0.3) is 0 Å². The molecule has 5 nitrogen and oxygen atoms in total. The van der Waals surface area contributed by atoms with Crippen molar-refractivity contribution in [3.8, 4) is 0 Å². The fourth-order valence-corrected chi connectivity index (χ4v) is 1.76. The lowest BCUT2D eigenvalue weighted by Gasteiger charge is -2.17. The molecular weight excluding hydrogens is 277 g/mol. The molecule has 0 saturated carbocycles. The van der Waals surface area contributed by atoms with Crippen LogP contribution in [0.25, 0.3) is 0 Å². The Hall–Kier alpha value is -1.33. The van der Waals surface area contributed by atoms with Gasteiger partial charge in [0.05, 0.1) is 5.56 Å². The van der Waals surface area contributed by atoms with Crippen LogP contribution in [-0.2, 0) is 0 Å². The fraction of sp³-hybridized carbons (Fsp3) is 0.364. The molecule has 0 radical (unpaired) electrons. The van der Waals surface area contributed by atoms with Crippen LogP contribution in [0.1, 0.15) is 28.9 Å². The quantitative estimate of drug-likeness (QED) is 0.646. The Balaban J connectivity index is 0.00000144. The molecule has 1 aliphatic rings. The summed E-state index contributed by atoms with van der Waals surface area (Å²) in [4.78, 5) is 16.6. The molecule has 1 fully saturated rings. The van der Waals surface area contributed by atoms with E-state index in [9.17, 15) is 4.79 Å². The molecule has 0 amide bonds. The van der Waals surface area contributed by atoms with E-state index in [1.54, 1.807) is 6.07 Å². The first-order valence-corrected chi connectivity index (χ1v) is 5.21. The molecule has 0 unspecified atom stereocenters. The molecule has 100 valence electrons. The van der Waals surface area contributed by atoms with Gasteiger partial charge in [0.1, 0.15) is 11.5 Å². The molecule has 18 heavy (non-hydrogen) atoms. The van der Waals surface area contributed by atoms with Crippen LogP contribution in [0.2, 0.25) is 0 Å². The maximum Gasteiger partial charge on any atom is 0.337 e. The van der Waals surface area contributed by atoms with Crippen LogP contribution in [-0.4, -0.2) is 39.9 Å². The van der Waals surface area contributed by atoms with E-state index >= 15 is 0 Å². The summed E-state index contributed by atoms with van der Waals surface area (Å²) in [6.45, 7) is 1.78. The van der Waals surface area contributed by atoms with Gasteiger partial charge in [-0.15, -0.1) is 24.8 Å². The van der Waals surface area contributed by atoms with Gasteiger partial charge in [-0.05, 0) is 25.0 Å². The lowest BCUT2D eigenvalue weighted by Crippen LogP contribution is -2.28. The largest absolute Gasteiger partial charge is 0.478 e. The number of hydrogen-bond acceptors (Lipinski definition) is 3. The van der Waals surface area contributed by atoms with Crippen LogP contribution in [0.15, 0.2) is 18.3 Å². The molecule has 7 heteroatoms. The molecule has 0 aliphatic carbocycles. The number of nitrogens with zero attached hydrogens (tertiary/aromatic N) is 2. The second-order valence-electron chi connectivity index (χ2n) is 3.78. The van der Waals surface area contributed by atoms with Crippen LogP contribution in [0.3, 0.4) is 0 Å². The Morgan fingerprint density at radius 3 is 2.33 bits per heavy atom. The lowest BCUT2D eigenvalue weighted by molar-refractivity contribution is 0.0696. The smallest absolute Gasteiger partial charge is 0.337 e. The Labute approximate surface area is 118 Å². The molecule has 1 aliphatic heterocycles. The second kappa shape index (κ2) is 7.18. The van der Waals surface area contributed by atoms with Crippen LogP contribution in [0.4, 0.5) is 0 Å². The standard InChI is InChI=1S/C11H13N3O2.2ClH/c12-10(14-5-1-2-6-14)9-4-3-8(7-13-9)11(15)16;;/h3-4,7,12H,1-2,5-6H2,(H,15,16);2*1H. The van der Waals surface area contributed by atoms with Crippen molar-refractivity contribution in [2.45, 2.75) is 12.8 Å². The number of amidine groups is 1. The summed E-state index contributed by atoms with van der Waals surface area (Å²) in [5, 5.41) is 16.6. The zero-order valence-electron chi connectivity index (χ0n) is 9.63. The molecule has 0 bridgehead atoms. The van der Waals surface area contributed by atoms with Gasteiger partial charge in [-0.2, -0.15) is 0 Å². The average Bonchev–Trinajstić information content (AvgIpc) is 2.81. The molecule has 1 saturated heterocycles. The minimum absolute atomic E-state index is 0. The molecule has 1 aromatic heterocycles. The fourth-order valence-electron chi connectivity index (χ4n) is 1.76. The maximum atomic E-state index is 10.6. The summed E-state index contributed by atoms with van der Waals surface area (Å²) in [6, 6.07) is 3.07. The number of aromatic carboxylic acids is 1. The van der Waals surface area contributed by atoms with E-state index in [0.717, 1.165) is 25.9 Å². The molecule has 2 rings (SSSR count). The average molecular weight is 292 g/mol. The van der Waals surface area contributed by atoms with E-state index in [4.69, 9.17) is 10.5 Å². The van der Waals surface area contributed by atoms with E-state index < -0.39 is 5.97 Å². The van der Waals surface area contributed by atoms with Gasteiger partial charge < -0.3 is 10.0 Å². The Kier molecular flexibility index (Phi) is 6.65. The number of carboxylic acid groups (broad SMARTS) is 1. The van der Waals surface area contributed by atoms with Crippen molar-refractivity contribution in [1.29, 1.82) is 5.41 Å². The van der Waals surface area contributed by atoms with E-state index in [1.807, 2.05) is 4.90 Å². The van der Waals surface area contributed by atoms with Crippen LogP contribution in [0, 0.1) is 5.41 Å². The van der Waals surface area contributed by atoms with Gasteiger partial charge in [-0.3, -0.25) is 10.4 Å². The van der Waals surface area contributed by atoms with Gasteiger partial charge in [0.2, 0.25) is 0 Å². The highest BCUT2D eigenvalue weighted by molar-refractivity contribution is 5.95. The van der Waals surface area contributed by atoms with Crippen molar-refractivity contribution in [3.05, 3.63) is 29.6 Å². The van der Waals surface area contributed by atoms with Crippen molar-refractivity contribution in [3.63, 3.8) is 0 Å². The molecule has 0 spiro atoms. The van der Waals surface area contributed by atoms with Crippen molar-refractivity contribution >= 4 is 36.6 Å². The summed E-state index contributed by atoms with van der Waals surface area (Å²) < 4.78 is 0. The number of carboxylic acids is 1. The van der Waals surface area contributed by atoms with Crippen LogP contribution >= 0.6 is 24.8 Å². The molecule has 0 aromatic carbocycles. The van der Waals surface area contributed by atoms with Gasteiger partial charge in [0, 0.05) is 19.3 Å². The maximum absolute atomic E-state index is 10.6.